The van der Waals surface area contributed by atoms with Gasteiger partial charge in [-0.2, -0.15) is 18.1 Å². The van der Waals surface area contributed by atoms with Crippen LogP contribution in [-0.4, -0.2) is 254 Å². The van der Waals surface area contributed by atoms with Gasteiger partial charge in [0.15, 0.2) is 19.3 Å². The molecule has 96 heteroatoms. The average Bonchev–Trinajstić information content (AvgIpc) is 0.699. The maximum atomic E-state index is 12.6. The van der Waals surface area contributed by atoms with Crippen molar-refractivity contribution in [2.45, 2.75) is 0 Å². The first-order valence-electron chi connectivity index (χ1n) is 19.9. The summed E-state index contributed by atoms with van der Waals surface area (Å²) in [5.41, 5.74) is 0. The second-order valence-corrected chi connectivity index (χ2v) is 124. The van der Waals surface area contributed by atoms with E-state index in [9.17, 15) is 239 Å². The van der Waals surface area contributed by atoms with E-state index in [-0.39, 0.29) is 199 Å². The molecule has 0 aliphatic rings. The predicted octanol–water partition coefficient (Wildman–Crippen LogP) is 4.13. The molecule has 622 valence electrons. The fourth-order valence-corrected chi connectivity index (χ4v) is 131. The molecule has 0 aliphatic heterocycles. The van der Waals surface area contributed by atoms with Gasteiger partial charge >= 0.3 is 171 Å². The van der Waals surface area contributed by atoms with Crippen molar-refractivity contribution in [3.05, 3.63) is 14.9 Å². The molecule has 0 radical (unpaired) electrons. The minimum absolute atomic E-state index is 0. The zero-order valence-corrected chi connectivity index (χ0v) is 89.8. The largest absolute Gasteiger partial charge is 0.569 e. The van der Waals surface area contributed by atoms with Crippen molar-refractivity contribution in [2.75, 3.05) is 41.1 Å². The first-order chi connectivity index (χ1) is 40.4. The molecule has 0 bridgehead atoms. The molecule has 0 aliphatic carbocycles. The number of rotatable bonds is 24. The molecule has 63 nitrogen and oxygen atoms in total. The van der Waals surface area contributed by atoms with Crippen LogP contribution in [0, 0.1) is 14.9 Å². The molecule has 44 N–H and O–H groups in total. The monoisotopic (exact) mass is 2530 g/mol. The summed E-state index contributed by atoms with van der Waals surface area (Å²) in [5, 5.41) is 0. The maximum absolute atomic E-state index is 12.6. The Bertz CT molecular complexity index is 4120. The Balaban J connectivity index is -0.000000149. The maximum Gasteiger partial charge on any atom is 0.569 e. The smallest absolute Gasteiger partial charge is 0.358 e. The molecule has 0 saturated heterocycles. The van der Waals surface area contributed by atoms with Gasteiger partial charge in [0.25, 0.3) is 0 Å². The molecule has 0 spiro atoms. The van der Waals surface area contributed by atoms with Crippen LogP contribution in [0.4, 0.5) is 0 Å². The Labute approximate surface area is 694 Å². The third-order valence-corrected chi connectivity index (χ3v) is 141. The topological polar surface area (TPSA) is 1180 Å². The van der Waals surface area contributed by atoms with Crippen molar-refractivity contribution in [3.63, 3.8) is 0 Å². The molecule has 104 heavy (non-hydrogen) atoms. The van der Waals surface area contributed by atoms with Crippen LogP contribution in [0.3, 0.4) is 0 Å². The van der Waals surface area contributed by atoms with Gasteiger partial charge in [0.1, 0.15) is 0 Å². The Hall–Kier alpha value is 10.1. The van der Waals surface area contributed by atoms with Crippen LogP contribution in [0.1, 0.15) is 0 Å². The first kappa shape index (κ1) is 137. The van der Waals surface area contributed by atoms with E-state index in [1.165, 1.54) is 0 Å². The minimum Gasteiger partial charge on any atom is -0.358 e. The van der Waals surface area contributed by atoms with E-state index in [2.05, 4.69) is 41.3 Å². The summed E-state index contributed by atoms with van der Waals surface area (Å²) >= 11 is 0. The average molecular weight is 2540 g/mol. The second kappa shape index (κ2) is 43.3. The normalized spacial score (nSPS) is 16.6. The molecule has 0 heterocycles. The van der Waals surface area contributed by atoms with E-state index < -0.39 is 190 Å². The third kappa shape index (κ3) is 29.3. The Morgan fingerprint density at radius 1 is 0.183 bits per heavy atom. The zero-order valence-electron chi connectivity index (χ0n) is 50.9. The minimum atomic E-state index is -7.39. The van der Waals surface area contributed by atoms with E-state index in [1.807, 2.05) is 0 Å². The SMILES string of the molecule is CN=P(C)(P(=O)(O)O)P(=O)(O)O.CN=P(N=P(N=P(N=P(C)(P(=O)(O)O)P(=O)(O)O)(P(=O)(O)O)P(O)(O)=[OH+])(P(O)(O)=[OH+])P(O)(O)=[OH+])(P(=O)(O)O)P(O)(O)=[OH+].CN=P(N=P(N=P(N=P(C)(P(=O)(O)O)P(=O)(O)O)(P(=O)(O)O)P(O)(O)=[OH+])(P(O)(O)=[OH+])P(O)(O)=[OH+])(P(=O)(O)O)P(O)(O)=[OH+].[CH3-].[CH3-].[Zr].[Zr].[Zr].[Zr].[Zr].[Zr]. The zero-order chi connectivity index (χ0) is 79.9. The van der Waals surface area contributed by atoms with Gasteiger partial charge in [0, 0.05) is 178 Å². The fraction of sp³-hybridized carbons (Fsp3) is 0.750. The molecule has 0 fully saturated rings. The van der Waals surface area contributed by atoms with Gasteiger partial charge in [-0.3, -0.25) is 175 Å². The van der Waals surface area contributed by atoms with Crippen molar-refractivity contribution < 1.29 is 416 Å². The van der Waals surface area contributed by atoms with E-state index in [1.54, 1.807) is 0 Å². The number of hydrogen-bond donors (Lipinski definition) is 36. The summed E-state index contributed by atoms with van der Waals surface area (Å²) in [6.45, 7) is -42.3. The Morgan fingerprint density at radius 2 is 0.298 bits per heavy atom. The van der Waals surface area contributed by atoms with Gasteiger partial charge in [0.05, 0.1) is 0 Å². The van der Waals surface area contributed by atoms with Crippen LogP contribution in [-0.2, 0) is 203 Å². The second-order valence-electron chi connectivity index (χ2n) is 16.4. The third-order valence-electron chi connectivity index (χ3n) is 9.69. The molecule has 0 rings (SSSR count). The van der Waals surface area contributed by atoms with Crippen molar-refractivity contribution in [1.82, 2.24) is 0 Å². The van der Waals surface area contributed by atoms with Crippen LogP contribution < -0.4 is 0 Å². The summed E-state index contributed by atoms with van der Waals surface area (Å²) in [6.07, 6.45) is -16.4. The summed E-state index contributed by atoms with van der Waals surface area (Å²) in [7, 11) is -119. The predicted molar refractivity (Wildman–Crippen MR) is 359 cm³/mol. The van der Waals surface area contributed by atoms with Crippen LogP contribution in [0.5, 0.6) is 0 Å². The van der Waals surface area contributed by atoms with E-state index in [0.717, 1.165) is 13.7 Å². The Morgan fingerprint density at radius 3 is 0.365 bits per heavy atom. The van der Waals surface area contributed by atoms with Crippen molar-refractivity contribution in [2.24, 2.45) is 41.3 Å². The first-order valence-corrected chi connectivity index (χ1v) is 78.6. The molecule has 0 amide bonds. The Kier molecular flexibility index (Phi) is 57.2. The summed E-state index contributed by atoms with van der Waals surface area (Å²) < 4.78 is 222. The van der Waals surface area contributed by atoms with E-state index >= 15 is 0 Å². The molecule has 0 aromatic rings. The van der Waals surface area contributed by atoms with Gasteiger partial charge < -0.3 is 113 Å². The van der Waals surface area contributed by atoms with Crippen LogP contribution >= 0.6 is 190 Å². The van der Waals surface area contributed by atoms with Crippen LogP contribution in [0.15, 0.2) is 41.3 Å². The summed E-state index contributed by atoms with van der Waals surface area (Å²) in [4.78, 5) is 350. The van der Waals surface area contributed by atoms with Crippen LogP contribution in [0.25, 0.3) is 0 Å². The van der Waals surface area contributed by atoms with Crippen molar-refractivity contribution in [1.29, 1.82) is 0 Å². The molecular weight excluding hydrogens is 2470 g/mol. The quantitative estimate of drug-likeness (QED) is 0.0367. The van der Waals surface area contributed by atoms with Crippen LogP contribution in [0.2, 0.25) is 0 Å². The number of nitrogens with zero attached hydrogens (tertiary/aromatic N) is 9. The standard InChI is InChI=1S/2C2H22N4O24P12.C2H10NO6P3.2CH3.6Zr/c2*1-3-32(37(13,14)15,38(16,17)18)5-34(41(25,26)27,42(28,29)30)6-33(39(19,20)21,40(22,23)24)4-31(2,35(7,8)9)36(10,11)12;1-3-10(2,11(4,5)6)12(7,8)9;;;;;;;;/h2*1-2H3,(H2,7,8,9)(H2,10,11,12)(H2,13,14,15)(H2,16,17,18)(H2,19,20,21)(H2,22,23,24)(H2,25,26,27)(H2,28,29,30);1-2H3,(H2,4,5,6)(H2,7,8,9);2*1H3;;;;;;/q;;;2*-1;;;;;;/p+8. The van der Waals surface area contributed by atoms with Crippen molar-refractivity contribution in [3.8, 4) is 0 Å². The molecule has 4 atom stereocenters. The van der Waals surface area contributed by atoms with E-state index in [0.29, 0.717) is 0 Å². The summed E-state index contributed by atoms with van der Waals surface area (Å²) in [6, 6.07) is 0. The van der Waals surface area contributed by atoms with Gasteiger partial charge in [-0.25, -0.2) is 9.03 Å². The molecule has 4 unspecified atom stereocenters. The molecule has 0 aromatic heterocycles. The van der Waals surface area contributed by atoms with E-state index in [4.69, 9.17) is 19.6 Å². The van der Waals surface area contributed by atoms with Crippen molar-refractivity contribution >= 4 is 190 Å². The van der Waals surface area contributed by atoms with Gasteiger partial charge in [-0.15, -0.1) is 0 Å². The van der Waals surface area contributed by atoms with Gasteiger partial charge in [0.2, 0.25) is 0 Å². The number of hydrogen-bond acceptors (Lipinski definition) is 13. The van der Waals surface area contributed by atoms with Gasteiger partial charge in [-0.1, -0.05) is 0 Å². The molecular formula is C8H68N9O54P27Zr6+6. The summed E-state index contributed by atoms with van der Waals surface area (Å²) in [5.74, 6) is 0. The van der Waals surface area contributed by atoms with Gasteiger partial charge in [-0.05, 0) is 20.0 Å². The fourth-order valence-electron chi connectivity index (χ4n) is 4.63. The molecule has 0 saturated carbocycles. The molecule has 0 aromatic carbocycles.